The van der Waals surface area contributed by atoms with Gasteiger partial charge < -0.3 is 10.1 Å². The second kappa shape index (κ2) is 8.88. The quantitative estimate of drug-likeness (QED) is 0.603. The number of para-hydroxylation sites is 3. The van der Waals surface area contributed by atoms with Crippen LogP contribution in [0.15, 0.2) is 53.7 Å². The van der Waals surface area contributed by atoms with E-state index in [1.165, 1.54) is 11.8 Å². The number of ether oxygens (including phenoxy) is 1. The van der Waals surface area contributed by atoms with Crippen LogP contribution in [-0.2, 0) is 4.79 Å². The molecule has 3 rings (SSSR count). The van der Waals surface area contributed by atoms with Crippen molar-refractivity contribution in [3.05, 3.63) is 53.6 Å². The van der Waals surface area contributed by atoms with Gasteiger partial charge in [-0.25, -0.2) is 0 Å². The molecule has 0 saturated heterocycles. The number of anilines is 1. The van der Waals surface area contributed by atoms with Crippen LogP contribution in [0, 0.1) is 0 Å². The largest absolute Gasteiger partial charge is 0.492 e. The Hall–Kier alpha value is -2.58. The van der Waals surface area contributed by atoms with Crippen molar-refractivity contribution in [1.82, 2.24) is 20.2 Å². The number of hydrogen-bond donors (Lipinski definition) is 1. The highest BCUT2D eigenvalue weighted by atomic mass is 35.5. The first-order valence-electron chi connectivity index (χ1n) is 8.32. The lowest BCUT2D eigenvalue weighted by atomic mass is 10.3. The Morgan fingerprint density at radius 3 is 2.78 bits per heavy atom. The standard InChI is InChI=1S/C18H18ClN5O2S/c1-3-26-16-11-7-6-10-15(16)24-18(21-22-23-24)27-12(2)17(25)20-14-9-5-4-8-13(14)19/h4-12H,3H2,1-2H3,(H,20,25). The lowest BCUT2D eigenvalue weighted by Crippen LogP contribution is -2.23. The minimum atomic E-state index is -0.440. The number of nitrogens with zero attached hydrogens (tertiary/aromatic N) is 4. The van der Waals surface area contributed by atoms with Crippen molar-refractivity contribution in [3.8, 4) is 11.4 Å². The molecule has 1 atom stereocenters. The summed E-state index contributed by atoms with van der Waals surface area (Å²) in [6.07, 6.45) is 0. The zero-order chi connectivity index (χ0) is 19.2. The third-order valence-corrected chi connectivity index (χ3v) is 4.98. The highest BCUT2D eigenvalue weighted by Crippen LogP contribution is 2.29. The zero-order valence-corrected chi connectivity index (χ0v) is 16.4. The fraction of sp³-hybridized carbons (Fsp3) is 0.222. The number of thioether (sulfide) groups is 1. The van der Waals surface area contributed by atoms with Crippen LogP contribution in [0.25, 0.3) is 5.69 Å². The Morgan fingerprint density at radius 1 is 1.26 bits per heavy atom. The van der Waals surface area contributed by atoms with Crippen molar-refractivity contribution in [1.29, 1.82) is 0 Å². The molecule has 27 heavy (non-hydrogen) atoms. The van der Waals surface area contributed by atoms with Crippen LogP contribution in [-0.4, -0.2) is 38.0 Å². The van der Waals surface area contributed by atoms with E-state index in [0.29, 0.717) is 33.9 Å². The lowest BCUT2D eigenvalue weighted by Gasteiger charge is -2.14. The van der Waals surface area contributed by atoms with Crippen molar-refractivity contribution >= 4 is 35.0 Å². The predicted octanol–water partition coefficient (Wildman–Crippen LogP) is 3.83. The Bertz CT molecular complexity index is 933. The molecule has 1 unspecified atom stereocenters. The number of carbonyl (C=O) groups is 1. The van der Waals surface area contributed by atoms with Crippen molar-refractivity contribution in [2.75, 3.05) is 11.9 Å². The van der Waals surface area contributed by atoms with Gasteiger partial charge in [0.1, 0.15) is 11.4 Å². The average Bonchev–Trinajstić information content (AvgIpc) is 3.12. The Morgan fingerprint density at radius 2 is 2.00 bits per heavy atom. The van der Waals surface area contributed by atoms with Gasteiger partial charge in [0.05, 0.1) is 22.6 Å². The number of rotatable bonds is 7. The van der Waals surface area contributed by atoms with E-state index in [-0.39, 0.29) is 5.91 Å². The zero-order valence-electron chi connectivity index (χ0n) is 14.8. The summed E-state index contributed by atoms with van der Waals surface area (Å²) in [6, 6.07) is 14.6. The highest BCUT2D eigenvalue weighted by molar-refractivity contribution is 8.00. The maximum absolute atomic E-state index is 12.5. The number of carbonyl (C=O) groups excluding carboxylic acids is 1. The molecule has 3 aromatic rings. The Balaban J connectivity index is 1.77. The summed E-state index contributed by atoms with van der Waals surface area (Å²) in [6.45, 7) is 4.22. The number of tetrazole rings is 1. The molecule has 0 spiro atoms. The van der Waals surface area contributed by atoms with Gasteiger partial charge in [-0.15, -0.1) is 5.10 Å². The predicted molar refractivity (Wildman–Crippen MR) is 106 cm³/mol. The van der Waals surface area contributed by atoms with Gasteiger partial charge in [0.2, 0.25) is 11.1 Å². The molecule has 0 aliphatic carbocycles. The molecule has 0 radical (unpaired) electrons. The third-order valence-electron chi connectivity index (χ3n) is 3.62. The fourth-order valence-corrected chi connectivity index (χ4v) is 3.31. The average molecular weight is 404 g/mol. The summed E-state index contributed by atoms with van der Waals surface area (Å²) in [4.78, 5) is 12.5. The van der Waals surface area contributed by atoms with Gasteiger partial charge in [0.15, 0.2) is 0 Å². The molecule has 0 fully saturated rings. The second-order valence-corrected chi connectivity index (χ2v) is 7.22. The molecule has 140 valence electrons. The minimum absolute atomic E-state index is 0.194. The minimum Gasteiger partial charge on any atom is -0.492 e. The monoisotopic (exact) mass is 403 g/mol. The maximum atomic E-state index is 12.5. The molecule has 9 heteroatoms. The lowest BCUT2D eigenvalue weighted by molar-refractivity contribution is -0.115. The van der Waals surface area contributed by atoms with E-state index in [1.54, 1.807) is 29.8 Å². The van der Waals surface area contributed by atoms with Gasteiger partial charge in [-0.1, -0.05) is 47.6 Å². The first-order valence-corrected chi connectivity index (χ1v) is 9.58. The van der Waals surface area contributed by atoms with Gasteiger partial charge >= 0.3 is 0 Å². The summed E-state index contributed by atoms with van der Waals surface area (Å²) in [7, 11) is 0. The Kier molecular flexibility index (Phi) is 6.31. The molecule has 0 saturated carbocycles. The SMILES string of the molecule is CCOc1ccccc1-n1nnnc1SC(C)C(=O)Nc1ccccc1Cl. The first kappa shape index (κ1) is 19.2. The summed E-state index contributed by atoms with van der Waals surface area (Å²) in [5.74, 6) is 0.475. The van der Waals surface area contributed by atoms with E-state index in [2.05, 4.69) is 20.8 Å². The summed E-state index contributed by atoms with van der Waals surface area (Å²) >= 11 is 7.34. The molecule has 1 aromatic heterocycles. The van der Waals surface area contributed by atoms with Crippen LogP contribution in [0.1, 0.15) is 13.8 Å². The van der Waals surface area contributed by atoms with Crippen LogP contribution in [0.4, 0.5) is 5.69 Å². The normalized spacial score (nSPS) is 11.8. The molecule has 0 bridgehead atoms. The van der Waals surface area contributed by atoms with Crippen LogP contribution in [0.2, 0.25) is 5.02 Å². The van der Waals surface area contributed by atoms with E-state index in [9.17, 15) is 4.79 Å². The van der Waals surface area contributed by atoms with Crippen LogP contribution in [0.5, 0.6) is 5.75 Å². The molecule has 0 aliphatic rings. The molecule has 1 heterocycles. The van der Waals surface area contributed by atoms with Crippen LogP contribution >= 0.6 is 23.4 Å². The van der Waals surface area contributed by atoms with Crippen LogP contribution in [0.3, 0.4) is 0 Å². The molecule has 1 N–H and O–H groups in total. The molecular formula is C18H18ClN5O2S. The van der Waals surface area contributed by atoms with E-state index in [1.807, 2.05) is 37.3 Å². The molecule has 7 nitrogen and oxygen atoms in total. The molecule has 0 aliphatic heterocycles. The van der Waals surface area contributed by atoms with Gasteiger partial charge in [0, 0.05) is 0 Å². The maximum Gasteiger partial charge on any atom is 0.237 e. The second-order valence-electron chi connectivity index (χ2n) is 5.50. The highest BCUT2D eigenvalue weighted by Gasteiger charge is 2.21. The molecular weight excluding hydrogens is 386 g/mol. The van der Waals surface area contributed by atoms with Crippen molar-refractivity contribution in [2.45, 2.75) is 24.3 Å². The van der Waals surface area contributed by atoms with Gasteiger partial charge in [-0.2, -0.15) is 4.68 Å². The summed E-state index contributed by atoms with van der Waals surface area (Å²) in [5, 5.41) is 15.2. The van der Waals surface area contributed by atoms with E-state index >= 15 is 0 Å². The number of benzene rings is 2. The first-order chi connectivity index (χ1) is 13.1. The number of aromatic nitrogens is 4. The van der Waals surface area contributed by atoms with Gasteiger partial charge in [-0.05, 0) is 48.5 Å². The van der Waals surface area contributed by atoms with E-state index in [4.69, 9.17) is 16.3 Å². The number of nitrogens with one attached hydrogen (secondary N) is 1. The van der Waals surface area contributed by atoms with Gasteiger partial charge in [-0.3, -0.25) is 4.79 Å². The van der Waals surface area contributed by atoms with Gasteiger partial charge in [0.25, 0.3) is 0 Å². The molecule has 2 aromatic carbocycles. The number of halogens is 1. The summed E-state index contributed by atoms with van der Waals surface area (Å²) in [5.41, 5.74) is 1.28. The van der Waals surface area contributed by atoms with E-state index in [0.717, 1.165) is 0 Å². The fourth-order valence-electron chi connectivity index (χ4n) is 2.32. The third kappa shape index (κ3) is 4.58. The summed E-state index contributed by atoms with van der Waals surface area (Å²) < 4.78 is 7.21. The van der Waals surface area contributed by atoms with Crippen LogP contribution < -0.4 is 10.1 Å². The van der Waals surface area contributed by atoms with Crippen molar-refractivity contribution in [3.63, 3.8) is 0 Å². The Labute approximate surface area is 166 Å². The van der Waals surface area contributed by atoms with E-state index < -0.39 is 5.25 Å². The number of hydrogen-bond acceptors (Lipinski definition) is 6. The number of amides is 1. The topological polar surface area (TPSA) is 81.9 Å². The smallest absolute Gasteiger partial charge is 0.237 e. The van der Waals surface area contributed by atoms with Crippen molar-refractivity contribution in [2.24, 2.45) is 0 Å². The van der Waals surface area contributed by atoms with Crippen molar-refractivity contribution < 1.29 is 9.53 Å². The molecule has 1 amide bonds.